The van der Waals surface area contributed by atoms with Gasteiger partial charge in [0.15, 0.2) is 0 Å². The van der Waals surface area contributed by atoms with Crippen LogP contribution in [0.3, 0.4) is 0 Å². The second-order valence-corrected chi connectivity index (χ2v) is 8.29. The zero-order chi connectivity index (χ0) is 26.3. The predicted octanol–water partition coefficient (Wildman–Crippen LogP) is 5.33. The minimum Gasteiger partial charge on any atom is -0.489 e. The van der Waals surface area contributed by atoms with Crippen LogP contribution in [0, 0.1) is 0 Å². The van der Waals surface area contributed by atoms with Gasteiger partial charge in [-0.25, -0.2) is 4.98 Å². The molecule has 0 atom stereocenters. The number of hydrogen-bond acceptors (Lipinski definition) is 8. The number of amides is 1. The lowest BCUT2D eigenvalue weighted by molar-refractivity contribution is 0.0995. The molecular formula is C29H24N6O3. The minimum absolute atomic E-state index is 0.121. The Hall–Kier alpha value is -5.44. The van der Waals surface area contributed by atoms with E-state index in [0.29, 0.717) is 29.6 Å². The van der Waals surface area contributed by atoms with Gasteiger partial charge in [0.05, 0.1) is 5.69 Å². The summed E-state index contributed by atoms with van der Waals surface area (Å²) in [6.45, 7) is 0.463. The lowest BCUT2D eigenvalue weighted by Gasteiger charge is -2.12. The maximum Gasteiger partial charge on any atom is 0.267 e. The van der Waals surface area contributed by atoms with Gasteiger partial charge in [0.1, 0.15) is 35.4 Å². The molecule has 0 bridgehead atoms. The number of benzene rings is 3. The largest absolute Gasteiger partial charge is 0.489 e. The van der Waals surface area contributed by atoms with E-state index >= 15 is 0 Å². The Balaban J connectivity index is 1.32. The monoisotopic (exact) mass is 504 g/mol. The molecule has 2 heterocycles. The van der Waals surface area contributed by atoms with E-state index in [1.165, 1.54) is 12.3 Å². The van der Waals surface area contributed by atoms with Gasteiger partial charge < -0.3 is 26.3 Å². The Kier molecular flexibility index (Phi) is 7.08. The molecule has 0 aliphatic rings. The molecule has 0 unspecified atom stereocenters. The van der Waals surface area contributed by atoms with Crippen molar-refractivity contribution in [3.8, 4) is 28.5 Å². The van der Waals surface area contributed by atoms with Crippen molar-refractivity contribution in [1.82, 2.24) is 15.0 Å². The number of nitrogens with zero attached hydrogens (tertiary/aromatic N) is 3. The number of pyridine rings is 1. The van der Waals surface area contributed by atoms with E-state index in [1.807, 2.05) is 72.8 Å². The fourth-order valence-corrected chi connectivity index (χ4v) is 3.69. The van der Waals surface area contributed by atoms with E-state index in [2.05, 4.69) is 20.3 Å². The summed E-state index contributed by atoms with van der Waals surface area (Å²) >= 11 is 0. The van der Waals surface area contributed by atoms with Crippen molar-refractivity contribution < 1.29 is 14.3 Å². The highest BCUT2D eigenvalue weighted by Gasteiger charge is 2.09. The van der Waals surface area contributed by atoms with Crippen LogP contribution in [-0.4, -0.2) is 20.9 Å². The summed E-state index contributed by atoms with van der Waals surface area (Å²) < 4.78 is 11.8. The van der Waals surface area contributed by atoms with Gasteiger partial charge >= 0.3 is 0 Å². The topological polar surface area (TPSA) is 138 Å². The highest BCUT2D eigenvalue weighted by Crippen LogP contribution is 2.29. The van der Waals surface area contributed by atoms with Crippen LogP contribution in [0.1, 0.15) is 16.1 Å². The first-order valence-electron chi connectivity index (χ1n) is 11.7. The normalized spacial score (nSPS) is 10.5. The fourth-order valence-electron chi connectivity index (χ4n) is 3.69. The Morgan fingerprint density at radius 3 is 2.45 bits per heavy atom. The van der Waals surface area contributed by atoms with Crippen molar-refractivity contribution in [2.45, 2.75) is 6.61 Å². The summed E-state index contributed by atoms with van der Waals surface area (Å²) in [6.07, 6.45) is 1.46. The van der Waals surface area contributed by atoms with Crippen LogP contribution in [0.25, 0.3) is 11.3 Å². The van der Waals surface area contributed by atoms with Crippen LogP contribution >= 0.6 is 0 Å². The zero-order valence-corrected chi connectivity index (χ0v) is 20.2. The summed E-state index contributed by atoms with van der Waals surface area (Å²) in [5.41, 5.74) is 14.7. The number of primary amides is 1. The molecule has 0 aliphatic carbocycles. The van der Waals surface area contributed by atoms with Crippen molar-refractivity contribution in [2.75, 3.05) is 11.1 Å². The quantitative estimate of drug-likeness (QED) is 0.245. The van der Waals surface area contributed by atoms with Crippen molar-refractivity contribution in [2.24, 2.45) is 5.73 Å². The van der Waals surface area contributed by atoms with E-state index in [9.17, 15) is 4.79 Å². The third kappa shape index (κ3) is 6.21. The van der Waals surface area contributed by atoms with Crippen molar-refractivity contribution in [1.29, 1.82) is 0 Å². The number of ether oxygens (including phenoxy) is 2. The zero-order valence-electron chi connectivity index (χ0n) is 20.2. The SMILES string of the molecule is NC(=O)c1cc(Oc2cccc(Nc3cc(-c4cccc(OCc5ccccc5)c4)nc(N)n3)c2)ccn1. The summed E-state index contributed by atoms with van der Waals surface area (Å²) in [4.78, 5) is 24.0. The first-order chi connectivity index (χ1) is 18.5. The summed E-state index contributed by atoms with van der Waals surface area (Å²) in [5, 5.41) is 3.24. The molecule has 1 amide bonds. The molecule has 188 valence electrons. The number of nitrogens with one attached hydrogen (secondary N) is 1. The average molecular weight is 505 g/mol. The van der Waals surface area contributed by atoms with E-state index in [4.69, 9.17) is 20.9 Å². The van der Waals surface area contributed by atoms with Gasteiger partial charge in [0.2, 0.25) is 5.95 Å². The molecule has 9 nitrogen and oxygen atoms in total. The number of nitrogens with two attached hydrogens (primary N) is 2. The van der Waals surface area contributed by atoms with Gasteiger partial charge in [-0.15, -0.1) is 0 Å². The molecule has 0 spiro atoms. The van der Waals surface area contributed by atoms with Crippen molar-refractivity contribution in [3.63, 3.8) is 0 Å². The molecule has 2 aromatic heterocycles. The Morgan fingerprint density at radius 1 is 0.816 bits per heavy atom. The van der Waals surface area contributed by atoms with Gasteiger partial charge in [-0.1, -0.05) is 48.5 Å². The van der Waals surface area contributed by atoms with Crippen LogP contribution in [0.15, 0.2) is 103 Å². The number of anilines is 3. The van der Waals surface area contributed by atoms with E-state index in [1.54, 1.807) is 18.2 Å². The molecule has 38 heavy (non-hydrogen) atoms. The number of aromatic nitrogens is 3. The molecule has 0 aliphatic heterocycles. The second kappa shape index (κ2) is 11.1. The third-order valence-corrected chi connectivity index (χ3v) is 5.45. The number of hydrogen-bond donors (Lipinski definition) is 3. The van der Waals surface area contributed by atoms with Gasteiger partial charge in [0.25, 0.3) is 5.91 Å². The van der Waals surface area contributed by atoms with Crippen LogP contribution in [0.4, 0.5) is 17.5 Å². The number of carbonyl (C=O) groups excluding carboxylic acids is 1. The van der Waals surface area contributed by atoms with E-state index < -0.39 is 5.91 Å². The van der Waals surface area contributed by atoms with Crippen molar-refractivity contribution in [3.05, 3.63) is 115 Å². The molecule has 0 fully saturated rings. The molecule has 5 rings (SSSR count). The van der Waals surface area contributed by atoms with Crippen LogP contribution in [0.5, 0.6) is 17.2 Å². The Labute approximate surface area is 219 Å². The molecule has 0 radical (unpaired) electrons. The highest BCUT2D eigenvalue weighted by atomic mass is 16.5. The van der Waals surface area contributed by atoms with Crippen LogP contribution in [-0.2, 0) is 6.61 Å². The van der Waals surface area contributed by atoms with E-state index in [0.717, 1.165) is 22.6 Å². The van der Waals surface area contributed by atoms with Crippen molar-refractivity contribution >= 4 is 23.4 Å². The molecule has 0 saturated heterocycles. The number of rotatable bonds is 9. The summed E-state index contributed by atoms with van der Waals surface area (Å²) in [6, 6.07) is 29.8. The first kappa shape index (κ1) is 24.3. The second-order valence-electron chi connectivity index (χ2n) is 8.29. The Bertz CT molecular complexity index is 1580. The van der Waals surface area contributed by atoms with Gasteiger partial charge in [-0.05, 0) is 35.9 Å². The predicted molar refractivity (Wildman–Crippen MR) is 145 cm³/mol. The van der Waals surface area contributed by atoms with E-state index in [-0.39, 0.29) is 11.6 Å². The average Bonchev–Trinajstić information content (AvgIpc) is 2.93. The van der Waals surface area contributed by atoms with Crippen LogP contribution < -0.4 is 26.3 Å². The van der Waals surface area contributed by atoms with Gasteiger partial charge in [0, 0.05) is 35.6 Å². The molecular weight excluding hydrogens is 480 g/mol. The lowest BCUT2D eigenvalue weighted by atomic mass is 10.1. The molecule has 5 N–H and O–H groups in total. The molecule has 0 saturated carbocycles. The number of carbonyl (C=O) groups is 1. The molecule has 5 aromatic rings. The maximum atomic E-state index is 11.4. The number of nitrogen functional groups attached to an aromatic ring is 1. The maximum absolute atomic E-state index is 11.4. The molecule has 3 aromatic carbocycles. The third-order valence-electron chi connectivity index (χ3n) is 5.45. The summed E-state index contributed by atoms with van der Waals surface area (Å²) in [7, 11) is 0. The van der Waals surface area contributed by atoms with Crippen LogP contribution in [0.2, 0.25) is 0 Å². The Morgan fingerprint density at radius 2 is 1.61 bits per heavy atom. The summed E-state index contributed by atoms with van der Waals surface area (Å²) in [5.74, 6) is 1.72. The smallest absolute Gasteiger partial charge is 0.267 e. The fraction of sp³-hybridized carbons (Fsp3) is 0.0345. The highest BCUT2D eigenvalue weighted by molar-refractivity contribution is 5.91. The molecule has 9 heteroatoms. The van der Waals surface area contributed by atoms with Gasteiger partial charge in [-0.2, -0.15) is 4.98 Å². The lowest BCUT2D eigenvalue weighted by Crippen LogP contribution is -2.12. The standard InChI is InChI=1S/C29H24N6O3/c30-28(36)26-16-24(12-13-32-26)38-23-11-5-9-21(15-23)33-27-17-25(34-29(31)35-27)20-8-4-10-22(14-20)37-18-19-6-2-1-3-7-19/h1-17H,18H2,(H2,30,36)(H3,31,33,34,35). The first-order valence-corrected chi connectivity index (χ1v) is 11.7. The minimum atomic E-state index is -0.628. The van der Waals surface area contributed by atoms with Gasteiger partial charge in [-0.3, -0.25) is 9.78 Å².